The molecule has 3 nitrogen and oxygen atoms in total. The van der Waals surface area contributed by atoms with Crippen LogP contribution in [0.15, 0.2) is 34.8 Å². The number of ether oxygens (including phenoxy) is 1. The zero-order chi connectivity index (χ0) is 14.1. The predicted octanol–water partition coefficient (Wildman–Crippen LogP) is 3.40. The monoisotopic (exact) mass is 335 g/mol. The van der Waals surface area contributed by atoms with E-state index in [2.05, 4.69) is 45.5 Å². The average Bonchev–Trinajstić information content (AvgIpc) is 2.47. The molecule has 2 aromatic rings. The van der Waals surface area contributed by atoms with Crippen molar-refractivity contribution in [1.82, 2.24) is 5.32 Å². The first kappa shape index (κ1) is 13.9. The van der Waals surface area contributed by atoms with Gasteiger partial charge in [-0.25, -0.2) is 0 Å². The number of nitrogens with one attached hydrogen (secondary N) is 1. The maximum atomic E-state index is 9.89. The summed E-state index contributed by atoms with van der Waals surface area (Å²) in [6, 6.07) is 10.5. The summed E-state index contributed by atoms with van der Waals surface area (Å²) in [6.45, 7) is 0.855. The highest BCUT2D eigenvalue weighted by Gasteiger charge is 2.22. The van der Waals surface area contributed by atoms with Crippen LogP contribution in [0.3, 0.4) is 0 Å². The van der Waals surface area contributed by atoms with Crippen molar-refractivity contribution in [3.05, 3.63) is 40.4 Å². The fourth-order valence-electron chi connectivity index (χ4n) is 2.88. The molecule has 0 spiro atoms. The van der Waals surface area contributed by atoms with Crippen molar-refractivity contribution >= 4 is 26.7 Å². The van der Waals surface area contributed by atoms with Gasteiger partial charge < -0.3 is 15.2 Å². The lowest BCUT2D eigenvalue weighted by atomic mass is 9.91. The Balaban J connectivity index is 2.11. The minimum atomic E-state index is -0.217. The SMILES string of the molecule is COc1ccc2c(Br)ccc(C3CC(O)CCN3)c2c1. The second-order valence-corrected chi connectivity index (χ2v) is 6.09. The first-order valence-electron chi connectivity index (χ1n) is 6.86. The molecule has 0 radical (unpaired) electrons. The van der Waals surface area contributed by atoms with Crippen LogP contribution in [0.5, 0.6) is 5.75 Å². The van der Waals surface area contributed by atoms with Crippen LogP contribution in [0.2, 0.25) is 0 Å². The molecule has 0 amide bonds. The van der Waals surface area contributed by atoms with Gasteiger partial charge in [0, 0.05) is 10.5 Å². The van der Waals surface area contributed by atoms with Gasteiger partial charge in [-0.1, -0.05) is 22.0 Å². The third kappa shape index (κ3) is 2.55. The summed E-state index contributed by atoms with van der Waals surface area (Å²) in [6.07, 6.45) is 1.37. The fourth-order valence-corrected chi connectivity index (χ4v) is 3.36. The highest BCUT2D eigenvalue weighted by atomic mass is 79.9. The molecule has 2 N–H and O–H groups in total. The van der Waals surface area contributed by atoms with Crippen molar-refractivity contribution in [1.29, 1.82) is 0 Å². The molecule has 2 unspecified atom stereocenters. The van der Waals surface area contributed by atoms with Crippen molar-refractivity contribution in [3.8, 4) is 5.75 Å². The highest BCUT2D eigenvalue weighted by Crippen LogP contribution is 2.35. The minimum absolute atomic E-state index is 0.196. The fraction of sp³-hybridized carbons (Fsp3) is 0.375. The summed E-state index contributed by atoms with van der Waals surface area (Å²) in [5.74, 6) is 0.855. The Bertz CT molecular complexity index is 629. The van der Waals surface area contributed by atoms with E-state index in [9.17, 15) is 5.11 Å². The summed E-state index contributed by atoms with van der Waals surface area (Å²) in [4.78, 5) is 0. The number of methoxy groups -OCH3 is 1. The second kappa shape index (κ2) is 5.72. The summed E-state index contributed by atoms with van der Waals surface area (Å²) < 4.78 is 6.42. The molecule has 0 bridgehead atoms. The van der Waals surface area contributed by atoms with E-state index in [0.717, 1.165) is 29.6 Å². The normalized spacial score (nSPS) is 22.9. The maximum absolute atomic E-state index is 9.89. The molecular formula is C16H18BrNO2. The van der Waals surface area contributed by atoms with Crippen LogP contribution in [-0.4, -0.2) is 24.9 Å². The van der Waals surface area contributed by atoms with E-state index < -0.39 is 0 Å². The Labute approximate surface area is 127 Å². The van der Waals surface area contributed by atoms with Gasteiger partial charge in [0.2, 0.25) is 0 Å². The molecule has 1 saturated heterocycles. The van der Waals surface area contributed by atoms with Crippen LogP contribution in [0.4, 0.5) is 0 Å². The van der Waals surface area contributed by atoms with E-state index in [1.807, 2.05) is 6.07 Å². The Morgan fingerprint density at radius 3 is 2.85 bits per heavy atom. The molecule has 106 valence electrons. The van der Waals surface area contributed by atoms with Crippen molar-refractivity contribution < 1.29 is 9.84 Å². The Morgan fingerprint density at radius 2 is 2.10 bits per heavy atom. The molecular weight excluding hydrogens is 318 g/mol. The van der Waals surface area contributed by atoms with E-state index in [1.54, 1.807) is 7.11 Å². The zero-order valence-corrected chi connectivity index (χ0v) is 13.0. The molecule has 1 heterocycles. The van der Waals surface area contributed by atoms with Gasteiger partial charge in [0.1, 0.15) is 5.75 Å². The number of halogens is 1. The standard InChI is InChI=1S/C16H18BrNO2/c1-20-11-2-3-12-14(9-11)13(4-5-15(12)17)16-8-10(19)6-7-18-16/h2-5,9-10,16,18-19H,6-8H2,1H3. The van der Waals surface area contributed by atoms with E-state index in [1.165, 1.54) is 16.3 Å². The van der Waals surface area contributed by atoms with E-state index in [4.69, 9.17) is 4.74 Å². The van der Waals surface area contributed by atoms with Crippen LogP contribution < -0.4 is 10.1 Å². The summed E-state index contributed by atoms with van der Waals surface area (Å²) >= 11 is 3.60. The lowest BCUT2D eigenvalue weighted by molar-refractivity contribution is 0.117. The first-order chi connectivity index (χ1) is 9.69. The van der Waals surface area contributed by atoms with Gasteiger partial charge in [-0.3, -0.25) is 0 Å². The van der Waals surface area contributed by atoms with Crippen LogP contribution in [0, 0.1) is 0 Å². The summed E-state index contributed by atoms with van der Waals surface area (Å²) in [7, 11) is 1.68. The molecule has 3 rings (SSSR count). The van der Waals surface area contributed by atoms with Crippen LogP contribution >= 0.6 is 15.9 Å². The molecule has 4 heteroatoms. The molecule has 0 aromatic heterocycles. The number of benzene rings is 2. The van der Waals surface area contributed by atoms with E-state index in [0.29, 0.717) is 0 Å². The van der Waals surface area contributed by atoms with Gasteiger partial charge in [-0.2, -0.15) is 0 Å². The van der Waals surface area contributed by atoms with Crippen LogP contribution in [0.1, 0.15) is 24.4 Å². The largest absolute Gasteiger partial charge is 0.497 e. The quantitative estimate of drug-likeness (QED) is 0.883. The lowest BCUT2D eigenvalue weighted by Gasteiger charge is -2.28. The van der Waals surface area contributed by atoms with Gasteiger partial charge in [0.05, 0.1) is 13.2 Å². The Hall–Kier alpha value is -1.10. The number of fused-ring (bicyclic) bond motifs is 1. The van der Waals surface area contributed by atoms with Crippen LogP contribution in [0.25, 0.3) is 10.8 Å². The van der Waals surface area contributed by atoms with Gasteiger partial charge in [0.15, 0.2) is 0 Å². The first-order valence-corrected chi connectivity index (χ1v) is 7.66. The van der Waals surface area contributed by atoms with Gasteiger partial charge in [-0.15, -0.1) is 0 Å². The molecule has 1 fully saturated rings. The van der Waals surface area contributed by atoms with Crippen molar-refractivity contribution in [2.45, 2.75) is 25.0 Å². The van der Waals surface area contributed by atoms with E-state index >= 15 is 0 Å². The minimum Gasteiger partial charge on any atom is -0.497 e. The number of rotatable bonds is 2. The Morgan fingerprint density at radius 1 is 1.25 bits per heavy atom. The van der Waals surface area contributed by atoms with Gasteiger partial charge in [0.25, 0.3) is 0 Å². The molecule has 20 heavy (non-hydrogen) atoms. The summed E-state index contributed by atoms with van der Waals surface area (Å²) in [5, 5.41) is 15.7. The molecule has 0 saturated carbocycles. The van der Waals surface area contributed by atoms with Crippen molar-refractivity contribution in [2.24, 2.45) is 0 Å². The third-order valence-electron chi connectivity index (χ3n) is 3.96. The molecule has 2 atom stereocenters. The van der Waals surface area contributed by atoms with Crippen molar-refractivity contribution in [3.63, 3.8) is 0 Å². The second-order valence-electron chi connectivity index (χ2n) is 5.23. The number of piperidine rings is 1. The van der Waals surface area contributed by atoms with Crippen molar-refractivity contribution in [2.75, 3.05) is 13.7 Å². The number of aliphatic hydroxyl groups is 1. The van der Waals surface area contributed by atoms with E-state index in [-0.39, 0.29) is 12.1 Å². The average molecular weight is 336 g/mol. The van der Waals surface area contributed by atoms with Gasteiger partial charge in [-0.05, 0) is 60.0 Å². The smallest absolute Gasteiger partial charge is 0.119 e. The number of aliphatic hydroxyl groups excluding tert-OH is 1. The molecule has 0 aliphatic carbocycles. The van der Waals surface area contributed by atoms with Crippen LogP contribution in [-0.2, 0) is 0 Å². The number of hydrogen-bond acceptors (Lipinski definition) is 3. The summed E-state index contributed by atoms with van der Waals surface area (Å²) in [5.41, 5.74) is 1.22. The lowest BCUT2D eigenvalue weighted by Crippen LogP contribution is -2.34. The van der Waals surface area contributed by atoms with Gasteiger partial charge >= 0.3 is 0 Å². The number of hydrogen-bond donors (Lipinski definition) is 2. The molecule has 2 aromatic carbocycles. The maximum Gasteiger partial charge on any atom is 0.119 e. The zero-order valence-electron chi connectivity index (χ0n) is 11.4. The molecule has 1 aliphatic heterocycles. The highest BCUT2D eigenvalue weighted by molar-refractivity contribution is 9.10. The topological polar surface area (TPSA) is 41.5 Å². The predicted molar refractivity (Wildman–Crippen MR) is 84.2 cm³/mol. The Kier molecular flexibility index (Phi) is 3.96. The third-order valence-corrected chi connectivity index (χ3v) is 4.65. The molecule has 1 aliphatic rings.